The minimum atomic E-state index is 0.0840. The van der Waals surface area contributed by atoms with Gasteiger partial charge in [-0.25, -0.2) is 0 Å². The van der Waals surface area contributed by atoms with Crippen LogP contribution >= 0.6 is 45.2 Å². The highest BCUT2D eigenvalue weighted by Gasteiger charge is 2.05. The predicted octanol–water partition coefficient (Wildman–Crippen LogP) is 3.47. The highest BCUT2D eigenvalue weighted by molar-refractivity contribution is 14.1. The van der Waals surface area contributed by atoms with Gasteiger partial charge in [-0.15, -0.1) is 6.58 Å². The molecule has 0 aliphatic carbocycles. The maximum absolute atomic E-state index is 5.97. The first kappa shape index (κ1) is 11.5. The van der Waals surface area contributed by atoms with Crippen LogP contribution in [0.25, 0.3) is 0 Å². The molecule has 1 rings (SSSR count). The van der Waals surface area contributed by atoms with E-state index >= 15 is 0 Å². The van der Waals surface area contributed by atoms with Crippen molar-refractivity contribution in [2.24, 2.45) is 5.73 Å². The second-order valence-electron chi connectivity index (χ2n) is 2.83. The first-order chi connectivity index (χ1) is 6.13. The van der Waals surface area contributed by atoms with Gasteiger partial charge in [-0.2, -0.15) is 0 Å². The second-order valence-corrected chi connectivity index (χ2v) is 5.32. The largest absolute Gasteiger partial charge is 0.324 e. The molecule has 1 atom stereocenters. The molecule has 0 aromatic heterocycles. The number of hydrogen-bond acceptors (Lipinski definition) is 1. The van der Waals surface area contributed by atoms with Gasteiger partial charge in [0.2, 0.25) is 0 Å². The first-order valence-corrected chi connectivity index (χ1v) is 6.11. The van der Waals surface area contributed by atoms with Crippen LogP contribution in [0.5, 0.6) is 0 Å². The molecule has 1 aromatic carbocycles. The van der Waals surface area contributed by atoms with E-state index in [1.165, 1.54) is 12.7 Å². The lowest BCUT2D eigenvalue weighted by Crippen LogP contribution is -2.09. The van der Waals surface area contributed by atoms with Crippen LogP contribution in [0.2, 0.25) is 0 Å². The minimum absolute atomic E-state index is 0.0840. The van der Waals surface area contributed by atoms with E-state index < -0.39 is 0 Å². The third kappa shape index (κ3) is 3.55. The number of hydrogen-bond donors (Lipinski definition) is 1. The summed E-state index contributed by atoms with van der Waals surface area (Å²) in [7, 11) is 0. The zero-order valence-electron chi connectivity index (χ0n) is 7.13. The van der Waals surface area contributed by atoms with Crippen LogP contribution in [0.15, 0.2) is 30.9 Å². The summed E-state index contributed by atoms with van der Waals surface area (Å²) in [6, 6.07) is 6.46. The lowest BCUT2D eigenvalue weighted by atomic mass is 10.1. The van der Waals surface area contributed by atoms with Crippen molar-refractivity contribution in [1.82, 2.24) is 0 Å². The van der Waals surface area contributed by atoms with Crippen LogP contribution in [0.1, 0.15) is 18.0 Å². The molecule has 0 aliphatic rings. The number of benzene rings is 1. The Kier molecular flexibility index (Phi) is 4.68. The Hall–Kier alpha value is 0.380. The summed E-state index contributed by atoms with van der Waals surface area (Å²) < 4.78 is 2.47. The van der Waals surface area contributed by atoms with E-state index in [1.807, 2.05) is 6.08 Å². The van der Waals surface area contributed by atoms with Crippen molar-refractivity contribution in [3.8, 4) is 0 Å². The predicted molar refractivity (Wildman–Crippen MR) is 73.6 cm³/mol. The summed E-state index contributed by atoms with van der Waals surface area (Å²) in [5.74, 6) is 0. The van der Waals surface area contributed by atoms with Crippen LogP contribution in [0, 0.1) is 7.14 Å². The number of rotatable bonds is 3. The first-order valence-electron chi connectivity index (χ1n) is 3.96. The van der Waals surface area contributed by atoms with Gasteiger partial charge in [-0.05, 0) is 75.4 Å². The average molecular weight is 399 g/mol. The van der Waals surface area contributed by atoms with Gasteiger partial charge in [0, 0.05) is 13.2 Å². The average Bonchev–Trinajstić information content (AvgIpc) is 2.03. The van der Waals surface area contributed by atoms with E-state index in [4.69, 9.17) is 5.73 Å². The van der Waals surface area contributed by atoms with Gasteiger partial charge in [-0.3, -0.25) is 0 Å². The van der Waals surface area contributed by atoms with Gasteiger partial charge >= 0.3 is 0 Å². The molecule has 0 radical (unpaired) electrons. The Labute approximate surface area is 106 Å². The third-order valence-corrected chi connectivity index (χ3v) is 2.98. The molecule has 3 heteroatoms. The van der Waals surface area contributed by atoms with Gasteiger partial charge < -0.3 is 5.73 Å². The molecule has 0 bridgehead atoms. The molecule has 0 aliphatic heterocycles. The fourth-order valence-electron chi connectivity index (χ4n) is 1.10. The molecule has 1 nitrogen and oxygen atoms in total. The summed E-state index contributed by atoms with van der Waals surface area (Å²) >= 11 is 4.61. The lowest BCUT2D eigenvalue weighted by Gasteiger charge is -2.10. The topological polar surface area (TPSA) is 26.0 Å². The van der Waals surface area contributed by atoms with Crippen LogP contribution in [0.3, 0.4) is 0 Å². The maximum atomic E-state index is 5.97. The zero-order valence-corrected chi connectivity index (χ0v) is 11.4. The van der Waals surface area contributed by atoms with E-state index in [2.05, 4.69) is 70.0 Å². The van der Waals surface area contributed by atoms with E-state index in [0.29, 0.717) is 0 Å². The monoisotopic (exact) mass is 399 g/mol. The summed E-state index contributed by atoms with van der Waals surface area (Å²) in [5.41, 5.74) is 7.16. The normalized spacial score (nSPS) is 12.5. The molecule has 70 valence electrons. The summed E-state index contributed by atoms with van der Waals surface area (Å²) in [5, 5.41) is 0. The molecule has 0 saturated carbocycles. The maximum Gasteiger partial charge on any atom is 0.0330 e. The molecule has 0 spiro atoms. The van der Waals surface area contributed by atoms with Crippen molar-refractivity contribution in [1.29, 1.82) is 0 Å². The summed E-state index contributed by atoms with van der Waals surface area (Å²) in [6.45, 7) is 3.69. The van der Waals surface area contributed by atoms with Crippen molar-refractivity contribution < 1.29 is 0 Å². The Morgan fingerprint density at radius 3 is 2.31 bits per heavy atom. The Morgan fingerprint density at radius 2 is 1.85 bits per heavy atom. The standard InChI is InChI=1S/C10H11I2N/c1-2-3-10(13)7-4-8(11)6-9(12)5-7/h2,4-6,10H,1,3,13H2/t10-/m1/s1. The van der Waals surface area contributed by atoms with Crippen molar-refractivity contribution in [2.75, 3.05) is 0 Å². The number of halogens is 2. The summed E-state index contributed by atoms with van der Waals surface area (Å²) in [4.78, 5) is 0. The van der Waals surface area contributed by atoms with E-state index in [-0.39, 0.29) is 6.04 Å². The molecule has 1 aromatic rings. The van der Waals surface area contributed by atoms with Gasteiger partial charge in [-0.1, -0.05) is 6.08 Å². The van der Waals surface area contributed by atoms with Crippen LogP contribution in [-0.2, 0) is 0 Å². The van der Waals surface area contributed by atoms with Crippen molar-refractivity contribution >= 4 is 45.2 Å². The molecule has 0 unspecified atom stereocenters. The van der Waals surface area contributed by atoms with Gasteiger partial charge in [0.25, 0.3) is 0 Å². The smallest absolute Gasteiger partial charge is 0.0330 e. The lowest BCUT2D eigenvalue weighted by molar-refractivity contribution is 0.740. The number of nitrogens with two attached hydrogens (primary N) is 1. The van der Waals surface area contributed by atoms with Crippen LogP contribution in [-0.4, -0.2) is 0 Å². The Balaban J connectivity index is 2.93. The quantitative estimate of drug-likeness (QED) is 0.612. The molecule has 2 N–H and O–H groups in total. The van der Waals surface area contributed by atoms with Crippen molar-refractivity contribution in [2.45, 2.75) is 12.5 Å². The fraction of sp³-hybridized carbons (Fsp3) is 0.200. The highest BCUT2D eigenvalue weighted by atomic mass is 127. The van der Waals surface area contributed by atoms with Gasteiger partial charge in [0.15, 0.2) is 0 Å². The SMILES string of the molecule is C=CC[C@@H](N)c1cc(I)cc(I)c1. The minimum Gasteiger partial charge on any atom is -0.324 e. The van der Waals surface area contributed by atoms with Gasteiger partial charge in [0.1, 0.15) is 0 Å². The molecule has 13 heavy (non-hydrogen) atoms. The van der Waals surface area contributed by atoms with Crippen LogP contribution in [0.4, 0.5) is 0 Å². The van der Waals surface area contributed by atoms with E-state index in [1.54, 1.807) is 0 Å². The van der Waals surface area contributed by atoms with Gasteiger partial charge in [0.05, 0.1) is 0 Å². The summed E-state index contributed by atoms with van der Waals surface area (Å²) in [6.07, 6.45) is 2.69. The van der Waals surface area contributed by atoms with Crippen molar-refractivity contribution in [3.63, 3.8) is 0 Å². The molecule has 0 fully saturated rings. The van der Waals surface area contributed by atoms with Crippen molar-refractivity contribution in [3.05, 3.63) is 43.6 Å². The fourth-order valence-corrected chi connectivity index (χ4v) is 3.09. The Bertz CT molecular complexity index is 290. The van der Waals surface area contributed by atoms with E-state index in [0.717, 1.165) is 6.42 Å². The second kappa shape index (κ2) is 5.31. The van der Waals surface area contributed by atoms with Crippen LogP contribution < -0.4 is 5.73 Å². The molecular formula is C10H11I2N. The zero-order chi connectivity index (χ0) is 9.84. The molecule has 0 heterocycles. The molecule has 0 saturated heterocycles. The Morgan fingerprint density at radius 1 is 1.31 bits per heavy atom. The molecular weight excluding hydrogens is 388 g/mol. The third-order valence-electron chi connectivity index (χ3n) is 1.73. The molecule has 0 amide bonds. The van der Waals surface area contributed by atoms with E-state index in [9.17, 15) is 0 Å². The highest BCUT2D eigenvalue weighted by Crippen LogP contribution is 2.20.